The summed E-state index contributed by atoms with van der Waals surface area (Å²) in [4.78, 5) is 16.5. The van der Waals surface area contributed by atoms with Crippen LogP contribution in [0.2, 0.25) is 0 Å². The van der Waals surface area contributed by atoms with Crippen LogP contribution in [0.4, 0.5) is 0 Å². The molecule has 0 fully saturated rings. The maximum Gasteiger partial charge on any atom is 0.234 e. The summed E-state index contributed by atoms with van der Waals surface area (Å²) in [5.41, 5.74) is 0. The topological polar surface area (TPSA) is 54.0 Å². The molecule has 0 atom stereocenters. The van der Waals surface area contributed by atoms with Crippen LogP contribution in [-0.4, -0.2) is 24.0 Å². The van der Waals surface area contributed by atoms with Gasteiger partial charge < -0.3 is 10.6 Å². The second-order valence-corrected chi connectivity index (χ2v) is 4.36. The molecule has 0 saturated heterocycles. The Hall–Kier alpha value is -1.20. The quantitative estimate of drug-likeness (QED) is 0.557. The van der Waals surface area contributed by atoms with Crippen LogP contribution in [0.15, 0.2) is 18.9 Å². The Bertz CT molecular complexity index is 335. The van der Waals surface area contributed by atoms with Gasteiger partial charge in [0.1, 0.15) is 0 Å². The van der Waals surface area contributed by atoms with Gasteiger partial charge >= 0.3 is 0 Å². The van der Waals surface area contributed by atoms with Gasteiger partial charge in [0.2, 0.25) is 5.91 Å². The number of carbonyl (C=O) groups is 1. The van der Waals surface area contributed by atoms with Crippen molar-refractivity contribution in [3.8, 4) is 0 Å². The van der Waals surface area contributed by atoms with E-state index in [9.17, 15) is 4.79 Å². The van der Waals surface area contributed by atoms with E-state index in [1.54, 1.807) is 23.6 Å². The lowest BCUT2D eigenvalue weighted by Gasteiger charge is -2.03. The summed E-state index contributed by atoms with van der Waals surface area (Å²) in [6.07, 6.45) is 3.51. The first kappa shape index (κ1) is 11.9. The van der Waals surface area contributed by atoms with E-state index < -0.39 is 0 Å². The van der Waals surface area contributed by atoms with E-state index >= 15 is 0 Å². The minimum Gasteiger partial charge on any atom is -0.350 e. The van der Waals surface area contributed by atoms with Gasteiger partial charge in [-0.3, -0.25) is 4.79 Å². The lowest BCUT2D eigenvalue weighted by atomic mass is 10.5. The van der Waals surface area contributed by atoms with Crippen molar-refractivity contribution in [3.05, 3.63) is 28.7 Å². The largest absolute Gasteiger partial charge is 0.350 e. The normalized spacial score (nSPS) is 9.93. The Morgan fingerprint density at radius 3 is 3.13 bits per heavy atom. The molecule has 0 aliphatic carbocycles. The molecule has 1 aromatic rings. The van der Waals surface area contributed by atoms with Crippen LogP contribution in [0.25, 0.3) is 0 Å². The first-order chi connectivity index (χ1) is 7.22. The lowest BCUT2D eigenvalue weighted by Crippen LogP contribution is -2.33. The van der Waals surface area contributed by atoms with Crippen LogP contribution in [0.1, 0.15) is 9.88 Å². The number of hydrogen-bond donors (Lipinski definition) is 2. The summed E-state index contributed by atoms with van der Waals surface area (Å²) in [6, 6.07) is 0. The van der Waals surface area contributed by atoms with Crippen molar-refractivity contribution in [1.82, 2.24) is 15.6 Å². The predicted octanol–water partition coefficient (Wildman–Crippen LogP) is 0.843. The Labute approximate surface area is 93.4 Å². The highest BCUT2D eigenvalue weighted by Crippen LogP contribution is 2.10. The SMILES string of the molecule is C=CCNCC(=O)NCc1cnc(C)s1. The van der Waals surface area contributed by atoms with Crippen LogP contribution in [0, 0.1) is 6.92 Å². The molecule has 0 radical (unpaired) electrons. The van der Waals surface area contributed by atoms with Gasteiger partial charge in [-0.05, 0) is 6.92 Å². The van der Waals surface area contributed by atoms with E-state index in [1.165, 1.54) is 0 Å². The van der Waals surface area contributed by atoms with Crippen LogP contribution < -0.4 is 10.6 Å². The molecule has 0 aromatic carbocycles. The summed E-state index contributed by atoms with van der Waals surface area (Å²) in [6.45, 7) is 7.02. The number of nitrogens with one attached hydrogen (secondary N) is 2. The molecule has 2 N–H and O–H groups in total. The van der Waals surface area contributed by atoms with Crippen molar-refractivity contribution in [2.45, 2.75) is 13.5 Å². The van der Waals surface area contributed by atoms with E-state index in [2.05, 4.69) is 22.2 Å². The van der Waals surface area contributed by atoms with Crippen molar-refractivity contribution < 1.29 is 4.79 Å². The third-order valence-corrected chi connectivity index (χ3v) is 2.62. The molecule has 0 spiro atoms. The molecule has 4 nitrogen and oxygen atoms in total. The van der Waals surface area contributed by atoms with Gasteiger partial charge in [0, 0.05) is 17.6 Å². The van der Waals surface area contributed by atoms with Crippen LogP contribution in [0.5, 0.6) is 0 Å². The van der Waals surface area contributed by atoms with Crippen molar-refractivity contribution in [2.24, 2.45) is 0 Å². The van der Waals surface area contributed by atoms with Crippen molar-refractivity contribution in [1.29, 1.82) is 0 Å². The zero-order valence-corrected chi connectivity index (χ0v) is 9.56. The Morgan fingerprint density at radius 1 is 1.73 bits per heavy atom. The molecule has 0 unspecified atom stereocenters. The number of thiazole rings is 1. The standard InChI is InChI=1S/C10H15N3OS/c1-3-4-11-7-10(14)13-6-9-5-12-8(2)15-9/h3,5,11H,1,4,6-7H2,2H3,(H,13,14). The van der Waals surface area contributed by atoms with E-state index in [-0.39, 0.29) is 5.91 Å². The average Bonchev–Trinajstić information content (AvgIpc) is 2.62. The lowest BCUT2D eigenvalue weighted by molar-refractivity contribution is -0.120. The van der Waals surface area contributed by atoms with Crippen LogP contribution in [0.3, 0.4) is 0 Å². The number of nitrogens with zero attached hydrogens (tertiary/aromatic N) is 1. The molecular formula is C10H15N3OS. The fourth-order valence-corrected chi connectivity index (χ4v) is 1.76. The molecule has 5 heteroatoms. The predicted molar refractivity (Wildman–Crippen MR) is 61.8 cm³/mol. The number of rotatable bonds is 6. The van der Waals surface area contributed by atoms with Gasteiger partial charge in [-0.15, -0.1) is 17.9 Å². The highest BCUT2D eigenvalue weighted by atomic mass is 32.1. The molecule has 1 aromatic heterocycles. The summed E-state index contributed by atoms with van der Waals surface area (Å²) in [5.74, 6) is -0.0112. The highest BCUT2D eigenvalue weighted by molar-refractivity contribution is 7.11. The molecule has 1 rings (SSSR count). The summed E-state index contributed by atoms with van der Waals surface area (Å²) in [5, 5.41) is 6.76. The molecule has 1 amide bonds. The van der Waals surface area contributed by atoms with Gasteiger partial charge in [-0.1, -0.05) is 6.08 Å². The maximum atomic E-state index is 11.3. The number of aryl methyl sites for hydroxylation is 1. The zero-order chi connectivity index (χ0) is 11.1. The molecule has 0 aliphatic heterocycles. The summed E-state index contributed by atoms with van der Waals surface area (Å²) >= 11 is 1.60. The first-order valence-electron chi connectivity index (χ1n) is 4.72. The highest BCUT2D eigenvalue weighted by Gasteiger charge is 2.01. The van der Waals surface area contributed by atoms with Crippen LogP contribution >= 0.6 is 11.3 Å². The fraction of sp³-hybridized carbons (Fsp3) is 0.400. The Morgan fingerprint density at radius 2 is 2.53 bits per heavy atom. The molecule has 0 saturated carbocycles. The number of amides is 1. The van der Waals surface area contributed by atoms with Crippen molar-refractivity contribution in [2.75, 3.05) is 13.1 Å². The Kier molecular flexibility index (Phi) is 5.00. The van der Waals surface area contributed by atoms with E-state index in [0.29, 0.717) is 19.6 Å². The molecule has 0 aliphatic rings. The number of hydrogen-bond acceptors (Lipinski definition) is 4. The molecule has 0 bridgehead atoms. The fourth-order valence-electron chi connectivity index (χ4n) is 1.02. The number of aromatic nitrogens is 1. The third-order valence-electron chi connectivity index (χ3n) is 1.70. The van der Waals surface area contributed by atoms with Crippen LogP contribution in [-0.2, 0) is 11.3 Å². The van der Waals surface area contributed by atoms with Gasteiger partial charge in [0.05, 0.1) is 18.1 Å². The minimum absolute atomic E-state index is 0.0112. The molecule has 1 heterocycles. The van der Waals surface area contributed by atoms with Crippen molar-refractivity contribution in [3.63, 3.8) is 0 Å². The molecular weight excluding hydrogens is 210 g/mol. The zero-order valence-electron chi connectivity index (χ0n) is 8.75. The summed E-state index contributed by atoms with van der Waals surface area (Å²) < 4.78 is 0. The molecule has 15 heavy (non-hydrogen) atoms. The van der Waals surface area contributed by atoms with E-state index in [4.69, 9.17) is 0 Å². The van der Waals surface area contributed by atoms with Gasteiger partial charge in [-0.2, -0.15) is 0 Å². The Balaban J connectivity index is 2.19. The van der Waals surface area contributed by atoms with E-state index in [1.807, 2.05) is 6.92 Å². The monoisotopic (exact) mass is 225 g/mol. The van der Waals surface area contributed by atoms with Gasteiger partial charge in [0.25, 0.3) is 0 Å². The second kappa shape index (κ2) is 6.31. The maximum absolute atomic E-state index is 11.3. The van der Waals surface area contributed by atoms with Crippen molar-refractivity contribution >= 4 is 17.2 Å². The van der Waals surface area contributed by atoms with E-state index in [0.717, 1.165) is 9.88 Å². The second-order valence-electron chi connectivity index (χ2n) is 3.04. The molecule has 82 valence electrons. The number of carbonyl (C=O) groups excluding carboxylic acids is 1. The van der Waals surface area contributed by atoms with Gasteiger partial charge in [-0.25, -0.2) is 4.98 Å². The smallest absolute Gasteiger partial charge is 0.234 e. The third kappa shape index (κ3) is 4.71. The average molecular weight is 225 g/mol. The first-order valence-corrected chi connectivity index (χ1v) is 5.53. The van der Waals surface area contributed by atoms with Gasteiger partial charge in [0.15, 0.2) is 0 Å². The minimum atomic E-state index is -0.0112. The summed E-state index contributed by atoms with van der Waals surface area (Å²) in [7, 11) is 0.